The Hall–Kier alpha value is -2.15. The van der Waals surface area contributed by atoms with Crippen molar-refractivity contribution in [2.75, 3.05) is 0 Å². The lowest BCUT2D eigenvalue weighted by molar-refractivity contribution is 0.667. The maximum atomic E-state index is 4.34. The zero-order valence-corrected chi connectivity index (χ0v) is 13.5. The van der Waals surface area contributed by atoms with Crippen LogP contribution in [0.15, 0.2) is 61.8 Å². The van der Waals surface area contributed by atoms with Gasteiger partial charge in [0, 0.05) is 6.20 Å². The molecule has 1 aromatic heterocycles. The molecule has 2 aromatic rings. The fourth-order valence-electron chi connectivity index (χ4n) is 2.51. The third-order valence-corrected chi connectivity index (χ3v) is 3.94. The van der Waals surface area contributed by atoms with Gasteiger partial charge in [-0.15, -0.1) is 0 Å². The molecule has 0 amide bonds. The number of aromatic nitrogens is 1. The minimum atomic E-state index is 0.856. The maximum absolute atomic E-state index is 4.34. The highest BCUT2D eigenvalue weighted by molar-refractivity contribution is 5.73. The lowest BCUT2D eigenvalue weighted by atomic mass is 10.0. The van der Waals surface area contributed by atoms with Crippen molar-refractivity contribution in [3.8, 4) is 11.1 Å². The topological polar surface area (TPSA) is 12.9 Å². The highest BCUT2D eigenvalue weighted by Gasteiger charge is 2.02. The van der Waals surface area contributed by atoms with Crippen LogP contribution in [0.25, 0.3) is 16.7 Å². The van der Waals surface area contributed by atoms with E-state index >= 15 is 0 Å². The van der Waals surface area contributed by atoms with Gasteiger partial charge in [-0.3, -0.25) is 4.98 Å². The average molecular weight is 291 g/mol. The summed E-state index contributed by atoms with van der Waals surface area (Å²) in [5.41, 5.74) is 5.55. The van der Waals surface area contributed by atoms with Gasteiger partial charge in [-0.05, 0) is 47.2 Å². The summed E-state index contributed by atoms with van der Waals surface area (Å²) < 4.78 is 0. The van der Waals surface area contributed by atoms with Crippen LogP contribution in [-0.4, -0.2) is 4.98 Å². The molecule has 1 heteroatoms. The highest BCUT2D eigenvalue weighted by atomic mass is 14.7. The van der Waals surface area contributed by atoms with E-state index in [1.165, 1.54) is 48.8 Å². The second-order valence-corrected chi connectivity index (χ2v) is 5.67. The van der Waals surface area contributed by atoms with Crippen LogP contribution in [0.2, 0.25) is 0 Å². The van der Waals surface area contributed by atoms with Crippen molar-refractivity contribution in [1.29, 1.82) is 0 Å². The summed E-state index contributed by atoms with van der Waals surface area (Å²) in [6, 6.07) is 13.0. The molecular weight excluding hydrogens is 266 g/mol. The Kier molecular flexibility index (Phi) is 6.14. The van der Waals surface area contributed by atoms with Crippen molar-refractivity contribution < 1.29 is 0 Å². The maximum Gasteiger partial charge on any atom is 0.0701 e. The largest absolute Gasteiger partial charge is 0.256 e. The number of pyridine rings is 1. The van der Waals surface area contributed by atoms with E-state index in [1.807, 2.05) is 12.3 Å². The quantitative estimate of drug-likeness (QED) is 0.425. The molecule has 1 nitrogen and oxygen atoms in total. The molecule has 22 heavy (non-hydrogen) atoms. The first-order valence-electron chi connectivity index (χ1n) is 8.11. The first-order valence-corrected chi connectivity index (χ1v) is 8.11. The van der Waals surface area contributed by atoms with Crippen LogP contribution in [0, 0.1) is 0 Å². The first-order chi connectivity index (χ1) is 10.7. The number of allylic oxidation sites excluding steroid dienone is 2. The van der Waals surface area contributed by atoms with Gasteiger partial charge < -0.3 is 0 Å². The van der Waals surface area contributed by atoms with E-state index in [2.05, 4.69) is 55.4 Å². The summed E-state index contributed by atoms with van der Waals surface area (Å²) in [7, 11) is 0. The second kappa shape index (κ2) is 8.33. The number of hydrogen-bond donors (Lipinski definition) is 0. The molecule has 0 radical (unpaired) electrons. The molecule has 0 bridgehead atoms. The van der Waals surface area contributed by atoms with Crippen LogP contribution in [-0.2, 0) is 6.42 Å². The van der Waals surface area contributed by atoms with Crippen LogP contribution in [0.4, 0.5) is 0 Å². The molecular formula is C21H25N. The van der Waals surface area contributed by atoms with E-state index in [9.17, 15) is 0 Å². The highest BCUT2D eigenvalue weighted by Crippen LogP contribution is 2.23. The molecule has 114 valence electrons. The summed E-state index contributed by atoms with van der Waals surface area (Å²) >= 11 is 0. The lowest BCUT2D eigenvalue weighted by Gasteiger charge is -2.07. The summed E-state index contributed by atoms with van der Waals surface area (Å²) in [4.78, 5) is 4.34. The molecule has 0 aliphatic carbocycles. The van der Waals surface area contributed by atoms with Gasteiger partial charge in [0.15, 0.2) is 0 Å². The molecule has 0 N–H and O–H groups in total. The van der Waals surface area contributed by atoms with Gasteiger partial charge >= 0.3 is 0 Å². The Morgan fingerprint density at radius 2 is 1.82 bits per heavy atom. The van der Waals surface area contributed by atoms with Crippen LogP contribution in [0.1, 0.15) is 43.9 Å². The Balaban J connectivity index is 2.07. The van der Waals surface area contributed by atoms with Gasteiger partial charge in [0.1, 0.15) is 0 Å². The van der Waals surface area contributed by atoms with E-state index in [-0.39, 0.29) is 0 Å². The number of benzene rings is 1. The normalized spacial score (nSPS) is 10.4. The van der Waals surface area contributed by atoms with Gasteiger partial charge in [0.2, 0.25) is 0 Å². The molecule has 1 heterocycles. The van der Waals surface area contributed by atoms with Gasteiger partial charge in [-0.25, -0.2) is 0 Å². The molecule has 0 fully saturated rings. The Morgan fingerprint density at radius 3 is 2.50 bits per heavy atom. The van der Waals surface area contributed by atoms with Crippen molar-refractivity contribution >= 4 is 5.57 Å². The predicted octanol–water partition coefficient (Wildman–Crippen LogP) is 6.07. The fraction of sp³-hybridized carbons (Fsp3) is 0.286. The number of unbranched alkanes of at least 4 members (excludes halogenated alkanes) is 3. The Bertz CT molecular complexity index is 623. The molecule has 1 aromatic carbocycles. The Morgan fingerprint density at radius 1 is 1.05 bits per heavy atom. The minimum Gasteiger partial charge on any atom is -0.256 e. The van der Waals surface area contributed by atoms with Crippen molar-refractivity contribution in [1.82, 2.24) is 4.98 Å². The minimum absolute atomic E-state index is 0.856. The molecule has 0 saturated heterocycles. The van der Waals surface area contributed by atoms with E-state index < -0.39 is 0 Å². The summed E-state index contributed by atoms with van der Waals surface area (Å²) in [6.07, 6.45) is 9.99. The van der Waals surface area contributed by atoms with Crippen molar-refractivity contribution in [2.45, 2.75) is 39.0 Å². The Labute approximate surface area is 134 Å². The smallest absolute Gasteiger partial charge is 0.0701 e. The molecule has 0 spiro atoms. The van der Waals surface area contributed by atoms with Crippen LogP contribution < -0.4 is 0 Å². The zero-order valence-electron chi connectivity index (χ0n) is 13.5. The fourth-order valence-corrected chi connectivity index (χ4v) is 2.51. The zero-order chi connectivity index (χ0) is 15.8. The van der Waals surface area contributed by atoms with Crippen LogP contribution in [0.5, 0.6) is 0 Å². The van der Waals surface area contributed by atoms with Crippen molar-refractivity contribution in [2.24, 2.45) is 0 Å². The molecule has 0 unspecified atom stereocenters. The first kappa shape index (κ1) is 16.2. The SMILES string of the molecule is C=CC(=C)c1cc(-c2ccc(CCCCCC)cc2)ccn1. The number of rotatable bonds is 8. The monoisotopic (exact) mass is 291 g/mol. The molecule has 0 aliphatic rings. The van der Waals surface area contributed by atoms with Crippen LogP contribution in [0.3, 0.4) is 0 Å². The molecule has 2 rings (SSSR count). The average Bonchev–Trinajstić information content (AvgIpc) is 2.58. The van der Waals surface area contributed by atoms with Crippen molar-refractivity contribution in [3.63, 3.8) is 0 Å². The standard InChI is InChI=1S/C21H25N/c1-4-6-7-8-9-18-10-12-19(13-11-18)20-14-15-22-21(16-20)17(3)5-2/h5,10-16H,2-4,6-9H2,1H3. The van der Waals surface area contributed by atoms with E-state index in [1.54, 1.807) is 6.08 Å². The van der Waals surface area contributed by atoms with Crippen molar-refractivity contribution in [3.05, 3.63) is 73.1 Å². The predicted molar refractivity (Wildman–Crippen MR) is 96.8 cm³/mol. The molecule has 0 atom stereocenters. The third kappa shape index (κ3) is 4.42. The molecule has 0 saturated carbocycles. The van der Waals surface area contributed by atoms with Gasteiger partial charge in [-0.1, -0.05) is 69.7 Å². The second-order valence-electron chi connectivity index (χ2n) is 5.67. The van der Waals surface area contributed by atoms with Gasteiger partial charge in [0.05, 0.1) is 5.69 Å². The summed E-state index contributed by atoms with van der Waals surface area (Å²) in [6.45, 7) is 9.96. The van der Waals surface area contributed by atoms with E-state index in [4.69, 9.17) is 0 Å². The van der Waals surface area contributed by atoms with E-state index in [0.29, 0.717) is 0 Å². The van der Waals surface area contributed by atoms with Gasteiger partial charge in [-0.2, -0.15) is 0 Å². The lowest BCUT2D eigenvalue weighted by Crippen LogP contribution is -1.89. The molecule has 0 aliphatic heterocycles. The summed E-state index contributed by atoms with van der Waals surface area (Å²) in [5, 5.41) is 0. The number of hydrogen-bond acceptors (Lipinski definition) is 1. The number of aryl methyl sites for hydroxylation is 1. The third-order valence-electron chi connectivity index (χ3n) is 3.94. The number of nitrogens with zero attached hydrogens (tertiary/aromatic N) is 1. The van der Waals surface area contributed by atoms with E-state index in [0.717, 1.165) is 11.3 Å². The summed E-state index contributed by atoms with van der Waals surface area (Å²) in [5.74, 6) is 0. The van der Waals surface area contributed by atoms with Crippen LogP contribution >= 0.6 is 0 Å². The van der Waals surface area contributed by atoms with Gasteiger partial charge in [0.25, 0.3) is 0 Å².